The van der Waals surface area contributed by atoms with Gasteiger partial charge in [-0.05, 0) is 46.2 Å². The van der Waals surface area contributed by atoms with Gasteiger partial charge in [0, 0.05) is 9.94 Å². The van der Waals surface area contributed by atoms with Gasteiger partial charge in [0.05, 0.1) is 17.8 Å². The van der Waals surface area contributed by atoms with Crippen molar-refractivity contribution in [3.05, 3.63) is 22.7 Å². The maximum absolute atomic E-state index is 10.5. The lowest BCUT2D eigenvalue weighted by molar-refractivity contribution is -0.0983. The summed E-state index contributed by atoms with van der Waals surface area (Å²) in [4.78, 5) is 0. The van der Waals surface area contributed by atoms with Gasteiger partial charge in [-0.2, -0.15) is 0 Å². The highest BCUT2D eigenvalue weighted by Gasteiger charge is 2.40. The van der Waals surface area contributed by atoms with E-state index in [9.17, 15) is 10.1 Å². The fourth-order valence-corrected chi connectivity index (χ4v) is 2.38. The normalized spacial score (nSPS) is 12.3. The van der Waals surface area contributed by atoms with Gasteiger partial charge in [-0.1, -0.05) is 48.2 Å². The highest BCUT2D eigenvalue weighted by atomic mass is 79.9. The van der Waals surface area contributed by atoms with E-state index in [1.54, 1.807) is 33.8 Å². The first kappa shape index (κ1) is 21.5. The van der Waals surface area contributed by atoms with Gasteiger partial charge in [0.25, 0.3) is 0 Å². The molecule has 0 heterocycles. The van der Waals surface area contributed by atoms with Crippen LogP contribution in [-0.4, -0.2) is 35.1 Å². The van der Waals surface area contributed by atoms with Crippen molar-refractivity contribution >= 4 is 28.5 Å². The second-order valence-electron chi connectivity index (χ2n) is 7.13. The molecule has 2 N–H and O–H groups in total. The van der Waals surface area contributed by atoms with Crippen LogP contribution in [0.4, 0.5) is 0 Å². The number of hydrogen-bond acceptors (Lipinski definition) is 4. The van der Waals surface area contributed by atoms with Crippen LogP contribution in [0.5, 0.6) is 5.75 Å². The zero-order chi connectivity index (χ0) is 18.4. The maximum Gasteiger partial charge on any atom is 0.495 e. The molecular weight excluding hydrogens is 371 g/mol. The highest BCUT2D eigenvalue weighted by Crippen LogP contribution is 2.26. The summed E-state index contributed by atoms with van der Waals surface area (Å²) in [6.07, 6.45) is 4.48. The molecule has 0 saturated carbocycles. The van der Waals surface area contributed by atoms with Gasteiger partial charge in [0.15, 0.2) is 0 Å². The zero-order valence-corrected chi connectivity index (χ0v) is 17.0. The molecule has 0 aliphatic carbocycles. The van der Waals surface area contributed by atoms with Gasteiger partial charge >= 0.3 is 7.12 Å². The summed E-state index contributed by atoms with van der Waals surface area (Å²) in [5, 5.41) is 20.7. The van der Waals surface area contributed by atoms with Crippen LogP contribution in [-0.2, 0) is 4.65 Å². The second kappa shape index (κ2) is 9.23. The molecular formula is C18H30BBrO4. The van der Waals surface area contributed by atoms with E-state index in [-0.39, 0.29) is 0 Å². The predicted octanol–water partition coefficient (Wildman–Crippen LogP) is 3.66. The lowest BCUT2D eigenvalue weighted by Crippen LogP contribution is -2.53. The third-order valence-corrected chi connectivity index (χ3v) is 4.87. The Morgan fingerprint density at radius 1 is 1.12 bits per heavy atom. The van der Waals surface area contributed by atoms with Crippen molar-refractivity contribution in [3.63, 3.8) is 0 Å². The average Bonchev–Trinajstić information content (AvgIpc) is 2.45. The fourth-order valence-electron chi connectivity index (χ4n) is 2.03. The molecule has 1 aromatic carbocycles. The Morgan fingerprint density at radius 2 is 1.79 bits per heavy atom. The molecule has 0 spiro atoms. The van der Waals surface area contributed by atoms with E-state index in [4.69, 9.17) is 9.39 Å². The number of benzene rings is 1. The Kier molecular flexibility index (Phi) is 8.26. The molecule has 0 bridgehead atoms. The first-order valence-corrected chi connectivity index (χ1v) is 9.38. The zero-order valence-electron chi connectivity index (χ0n) is 15.4. The summed E-state index contributed by atoms with van der Waals surface area (Å²) in [6.45, 7) is 9.59. The topological polar surface area (TPSA) is 58.9 Å². The van der Waals surface area contributed by atoms with E-state index in [0.717, 1.165) is 17.3 Å². The largest absolute Gasteiger partial charge is 0.495 e. The molecule has 1 aromatic rings. The first-order chi connectivity index (χ1) is 11.1. The summed E-state index contributed by atoms with van der Waals surface area (Å²) >= 11 is 3.43. The van der Waals surface area contributed by atoms with Crippen LogP contribution in [0.2, 0.25) is 0 Å². The van der Waals surface area contributed by atoms with Crippen molar-refractivity contribution in [1.29, 1.82) is 0 Å². The number of hydrogen-bond donors (Lipinski definition) is 2. The lowest BCUT2D eigenvalue weighted by atomic mass is 9.76. The summed E-state index contributed by atoms with van der Waals surface area (Å²) in [7, 11) is -1.18. The summed E-state index contributed by atoms with van der Waals surface area (Å²) in [6, 6.07) is 5.44. The molecule has 0 radical (unpaired) electrons. The second-order valence-corrected chi connectivity index (χ2v) is 8.05. The van der Waals surface area contributed by atoms with E-state index in [0.29, 0.717) is 17.8 Å². The van der Waals surface area contributed by atoms with Gasteiger partial charge in [-0.3, -0.25) is 0 Å². The van der Waals surface area contributed by atoms with Crippen LogP contribution in [0.1, 0.15) is 60.3 Å². The smallest absolute Gasteiger partial charge is 0.494 e. The number of unbranched alkanes of at least 4 members (excludes halogenated alkanes) is 3. The third-order valence-electron chi connectivity index (χ3n) is 4.38. The van der Waals surface area contributed by atoms with Crippen LogP contribution < -0.4 is 10.2 Å². The molecule has 136 valence electrons. The number of halogens is 1. The monoisotopic (exact) mass is 400 g/mol. The van der Waals surface area contributed by atoms with Gasteiger partial charge in [0.1, 0.15) is 5.75 Å². The molecule has 1 rings (SSSR count). The minimum Gasteiger partial charge on any atom is -0.494 e. The fraction of sp³-hybridized carbons (Fsp3) is 0.667. The quantitative estimate of drug-likeness (QED) is 0.464. The van der Waals surface area contributed by atoms with Crippen molar-refractivity contribution in [2.24, 2.45) is 0 Å². The number of aliphatic hydroxyl groups is 1. The summed E-state index contributed by atoms with van der Waals surface area (Å²) < 4.78 is 12.5. The Hall–Kier alpha value is -0.555. The molecule has 0 aliphatic heterocycles. The summed E-state index contributed by atoms with van der Waals surface area (Å²) in [5.41, 5.74) is -1.45. The Balaban J connectivity index is 2.82. The van der Waals surface area contributed by atoms with E-state index in [1.165, 1.54) is 12.8 Å². The lowest BCUT2D eigenvalue weighted by Gasteiger charge is -2.38. The van der Waals surface area contributed by atoms with E-state index < -0.39 is 18.3 Å². The van der Waals surface area contributed by atoms with Crippen molar-refractivity contribution in [2.75, 3.05) is 6.61 Å². The van der Waals surface area contributed by atoms with Crippen LogP contribution in [0.3, 0.4) is 0 Å². The molecule has 0 amide bonds. The third kappa shape index (κ3) is 6.39. The van der Waals surface area contributed by atoms with Crippen LogP contribution >= 0.6 is 15.9 Å². The van der Waals surface area contributed by atoms with Crippen LogP contribution in [0.25, 0.3) is 0 Å². The molecule has 0 aromatic heterocycles. The predicted molar refractivity (Wildman–Crippen MR) is 103 cm³/mol. The Bertz CT molecular complexity index is 514. The Morgan fingerprint density at radius 3 is 2.38 bits per heavy atom. The first-order valence-electron chi connectivity index (χ1n) is 8.59. The van der Waals surface area contributed by atoms with Crippen LogP contribution in [0.15, 0.2) is 22.7 Å². The molecule has 24 heavy (non-hydrogen) atoms. The van der Waals surface area contributed by atoms with E-state index in [1.807, 2.05) is 12.1 Å². The average molecular weight is 401 g/mol. The van der Waals surface area contributed by atoms with Crippen LogP contribution in [0, 0.1) is 0 Å². The van der Waals surface area contributed by atoms with Crippen molar-refractivity contribution in [3.8, 4) is 5.75 Å². The summed E-state index contributed by atoms with van der Waals surface area (Å²) in [5.74, 6) is 0.597. The van der Waals surface area contributed by atoms with Gasteiger partial charge in [-0.15, -0.1) is 0 Å². The minimum absolute atomic E-state index is 0.561. The molecule has 0 fully saturated rings. The molecule has 0 unspecified atom stereocenters. The minimum atomic E-state index is -1.18. The van der Waals surface area contributed by atoms with Crippen molar-refractivity contribution in [2.45, 2.75) is 71.5 Å². The molecule has 6 heteroatoms. The molecule has 4 nitrogen and oxygen atoms in total. The van der Waals surface area contributed by atoms with Gasteiger partial charge < -0.3 is 19.5 Å². The number of ether oxygens (including phenoxy) is 1. The van der Waals surface area contributed by atoms with Gasteiger partial charge in [0.2, 0.25) is 0 Å². The Labute approximate surface area is 154 Å². The standard InChI is InChI=1S/C18H30BBrO4/c1-6-7-8-9-12-23-16-13-14(20)10-11-15(16)19(22)24-18(4,5)17(2,3)21/h10-11,13,21-22H,6-9,12H2,1-5H3. The number of rotatable bonds is 10. The SMILES string of the molecule is CCCCCCOc1cc(Br)ccc1B(O)OC(C)(C)C(C)(C)O. The van der Waals surface area contributed by atoms with Gasteiger partial charge in [-0.25, -0.2) is 0 Å². The highest BCUT2D eigenvalue weighted by molar-refractivity contribution is 9.10. The van der Waals surface area contributed by atoms with E-state index >= 15 is 0 Å². The maximum atomic E-state index is 10.5. The van der Waals surface area contributed by atoms with Crippen molar-refractivity contribution in [1.82, 2.24) is 0 Å². The molecule has 0 aliphatic rings. The van der Waals surface area contributed by atoms with E-state index in [2.05, 4.69) is 22.9 Å². The molecule has 0 saturated heterocycles. The molecule has 0 atom stereocenters. The van der Waals surface area contributed by atoms with Crippen molar-refractivity contribution < 1.29 is 19.5 Å².